The number of amides is 1. The van der Waals surface area contributed by atoms with Gasteiger partial charge in [0.1, 0.15) is 29.4 Å². The lowest BCUT2D eigenvalue weighted by molar-refractivity contribution is 0.0635. The van der Waals surface area contributed by atoms with Gasteiger partial charge in [0.25, 0.3) is 0 Å². The Bertz CT molecular complexity index is 1540. The number of hydrogen-bond donors (Lipinski definition) is 1. The van der Waals surface area contributed by atoms with Crippen molar-refractivity contribution in [1.29, 1.82) is 0 Å². The third kappa shape index (κ3) is 5.99. The first-order chi connectivity index (χ1) is 17.9. The number of nitrogens with one attached hydrogen (secondary N) is 1. The quantitative estimate of drug-likeness (QED) is 0.345. The molecule has 0 saturated heterocycles. The second-order valence-electron chi connectivity index (χ2n) is 9.00. The Labute approximate surface area is 213 Å². The predicted molar refractivity (Wildman–Crippen MR) is 127 cm³/mol. The van der Waals surface area contributed by atoms with Crippen molar-refractivity contribution in [2.75, 3.05) is 5.32 Å². The third-order valence-corrected chi connectivity index (χ3v) is 4.95. The van der Waals surface area contributed by atoms with Crippen molar-refractivity contribution in [2.45, 2.75) is 32.9 Å². The number of anilines is 1. The number of halogens is 4. The lowest BCUT2D eigenvalue weighted by Gasteiger charge is -2.19. The molecule has 0 atom stereocenters. The predicted octanol–water partition coefficient (Wildman–Crippen LogP) is 5.17. The summed E-state index contributed by atoms with van der Waals surface area (Å²) in [5.74, 6) is -4.50. The SMILES string of the molecule is CC(C)(C)OC(=O)Nc1cc(Oc2ccc(-n3ncn(Cc4c(F)cccc4F)c3=O)cc2F)c(F)cn1. The maximum absolute atomic E-state index is 14.8. The van der Waals surface area contributed by atoms with Gasteiger partial charge in [0.15, 0.2) is 23.1 Å². The lowest BCUT2D eigenvalue weighted by atomic mass is 10.2. The zero-order chi connectivity index (χ0) is 27.6. The van der Waals surface area contributed by atoms with Crippen molar-refractivity contribution >= 4 is 11.9 Å². The maximum atomic E-state index is 14.8. The summed E-state index contributed by atoms with van der Waals surface area (Å²) in [6, 6.07) is 7.68. The standard InChI is InChI=1S/C25H21F4N5O4/c1-25(2,3)38-23(35)32-22-10-21(19(29)11-30-22)37-20-8-7-14(9-18(20)28)34-24(36)33(13-31-34)12-15-16(26)5-4-6-17(15)27/h4-11,13H,12H2,1-3H3,(H,30,32,35). The summed E-state index contributed by atoms with van der Waals surface area (Å²) < 4.78 is 69.2. The summed E-state index contributed by atoms with van der Waals surface area (Å²) in [6.45, 7) is 4.55. The molecule has 0 unspecified atom stereocenters. The summed E-state index contributed by atoms with van der Waals surface area (Å²) in [4.78, 5) is 28.4. The molecule has 2 heterocycles. The Morgan fingerprint density at radius 2 is 1.68 bits per heavy atom. The van der Waals surface area contributed by atoms with Crippen LogP contribution in [0, 0.1) is 23.3 Å². The molecule has 0 saturated carbocycles. The van der Waals surface area contributed by atoms with Gasteiger partial charge in [-0.15, -0.1) is 0 Å². The molecule has 2 aromatic heterocycles. The van der Waals surface area contributed by atoms with Crippen LogP contribution < -0.4 is 15.7 Å². The van der Waals surface area contributed by atoms with Gasteiger partial charge in [-0.3, -0.25) is 9.88 Å². The van der Waals surface area contributed by atoms with Crippen LogP contribution in [0.4, 0.5) is 28.2 Å². The van der Waals surface area contributed by atoms with Crippen LogP contribution in [0.5, 0.6) is 11.5 Å². The fourth-order valence-electron chi connectivity index (χ4n) is 3.27. The van der Waals surface area contributed by atoms with E-state index in [2.05, 4.69) is 15.4 Å². The Hall–Kier alpha value is -4.68. The maximum Gasteiger partial charge on any atom is 0.413 e. The second-order valence-corrected chi connectivity index (χ2v) is 9.00. The fourth-order valence-corrected chi connectivity index (χ4v) is 3.27. The molecule has 0 aliphatic rings. The topological polar surface area (TPSA) is 100 Å². The van der Waals surface area contributed by atoms with Crippen molar-refractivity contribution in [3.05, 3.63) is 94.3 Å². The highest BCUT2D eigenvalue weighted by Crippen LogP contribution is 2.29. The van der Waals surface area contributed by atoms with Gasteiger partial charge in [0.2, 0.25) is 0 Å². The van der Waals surface area contributed by atoms with E-state index in [4.69, 9.17) is 9.47 Å². The first-order valence-corrected chi connectivity index (χ1v) is 11.1. The van der Waals surface area contributed by atoms with Crippen LogP contribution in [0.2, 0.25) is 0 Å². The highest BCUT2D eigenvalue weighted by Gasteiger charge is 2.19. The van der Waals surface area contributed by atoms with Gasteiger partial charge in [-0.2, -0.15) is 9.78 Å². The van der Waals surface area contributed by atoms with Gasteiger partial charge < -0.3 is 9.47 Å². The number of ether oxygens (including phenoxy) is 2. The van der Waals surface area contributed by atoms with Crippen LogP contribution in [0.25, 0.3) is 5.69 Å². The van der Waals surface area contributed by atoms with E-state index in [-0.39, 0.29) is 17.1 Å². The van der Waals surface area contributed by atoms with E-state index >= 15 is 0 Å². The summed E-state index contributed by atoms with van der Waals surface area (Å²) >= 11 is 0. The van der Waals surface area contributed by atoms with Crippen LogP contribution in [0.1, 0.15) is 26.3 Å². The smallest absolute Gasteiger partial charge is 0.413 e. The monoisotopic (exact) mass is 531 g/mol. The van der Waals surface area contributed by atoms with Crippen LogP contribution in [-0.4, -0.2) is 31.0 Å². The minimum absolute atomic E-state index is 0.0184. The molecule has 1 amide bonds. The van der Waals surface area contributed by atoms with E-state index in [0.29, 0.717) is 0 Å². The van der Waals surface area contributed by atoms with Gasteiger partial charge >= 0.3 is 11.8 Å². The number of aromatic nitrogens is 4. The van der Waals surface area contributed by atoms with Gasteiger partial charge in [0.05, 0.1) is 18.4 Å². The van der Waals surface area contributed by atoms with Crippen molar-refractivity contribution in [2.24, 2.45) is 0 Å². The molecule has 0 fully saturated rings. The largest absolute Gasteiger partial charge is 0.451 e. The molecular weight excluding hydrogens is 510 g/mol. The van der Waals surface area contributed by atoms with Gasteiger partial charge in [-0.1, -0.05) is 6.07 Å². The Kier molecular flexibility index (Phi) is 7.19. The Morgan fingerprint density at radius 3 is 2.34 bits per heavy atom. The number of carbonyl (C=O) groups excluding carboxylic acids is 1. The molecule has 0 spiro atoms. The van der Waals surface area contributed by atoms with Crippen LogP contribution in [0.3, 0.4) is 0 Å². The second kappa shape index (κ2) is 10.4. The number of nitrogens with zero attached hydrogens (tertiary/aromatic N) is 4. The molecule has 0 radical (unpaired) electrons. The summed E-state index contributed by atoms with van der Waals surface area (Å²) in [5, 5.41) is 6.19. The van der Waals surface area contributed by atoms with Crippen molar-refractivity contribution < 1.29 is 31.8 Å². The zero-order valence-electron chi connectivity index (χ0n) is 20.3. The van der Waals surface area contributed by atoms with Crippen molar-refractivity contribution in [1.82, 2.24) is 19.3 Å². The van der Waals surface area contributed by atoms with E-state index in [1.54, 1.807) is 20.8 Å². The molecule has 0 aliphatic carbocycles. The van der Waals surface area contributed by atoms with E-state index < -0.39 is 58.7 Å². The van der Waals surface area contributed by atoms with E-state index in [0.717, 1.165) is 52.1 Å². The molecule has 4 rings (SSSR count). The summed E-state index contributed by atoms with van der Waals surface area (Å²) in [6.07, 6.45) is 1.00. The van der Waals surface area contributed by atoms with Crippen molar-refractivity contribution in [3.8, 4) is 17.2 Å². The first-order valence-electron chi connectivity index (χ1n) is 11.1. The molecule has 198 valence electrons. The molecule has 38 heavy (non-hydrogen) atoms. The van der Waals surface area contributed by atoms with Gasteiger partial charge in [-0.25, -0.2) is 32.1 Å². The number of hydrogen-bond acceptors (Lipinski definition) is 6. The van der Waals surface area contributed by atoms with E-state index in [9.17, 15) is 27.2 Å². The van der Waals surface area contributed by atoms with Crippen LogP contribution >= 0.6 is 0 Å². The number of pyridine rings is 1. The normalized spacial score (nSPS) is 11.3. The van der Waals surface area contributed by atoms with Gasteiger partial charge in [-0.05, 0) is 45.0 Å². The number of rotatable bonds is 6. The number of carbonyl (C=O) groups is 1. The van der Waals surface area contributed by atoms with Crippen molar-refractivity contribution in [3.63, 3.8) is 0 Å². The Balaban J connectivity index is 1.53. The van der Waals surface area contributed by atoms with E-state index in [1.807, 2.05) is 0 Å². The molecule has 13 heteroatoms. The average Bonchev–Trinajstić information content (AvgIpc) is 3.18. The fraction of sp³-hybridized carbons (Fsp3) is 0.200. The minimum Gasteiger partial charge on any atom is -0.451 e. The molecule has 1 N–H and O–H groups in total. The molecule has 9 nitrogen and oxygen atoms in total. The highest BCUT2D eigenvalue weighted by molar-refractivity contribution is 5.83. The number of benzene rings is 2. The van der Waals surface area contributed by atoms with Crippen LogP contribution in [0.15, 0.2) is 59.8 Å². The van der Waals surface area contributed by atoms with E-state index in [1.165, 1.54) is 12.1 Å². The highest BCUT2D eigenvalue weighted by atomic mass is 19.1. The zero-order valence-corrected chi connectivity index (χ0v) is 20.3. The van der Waals surface area contributed by atoms with Gasteiger partial charge in [0, 0.05) is 17.7 Å². The molecule has 2 aromatic carbocycles. The van der Waals surface area contributed by atoms with Crippen LogP contribution in [-0.2, 0) is 11.3 Å². The molecule has 0 bridgehead atoms. The first kappa shape index (κ1) is 26.4. The summed E-state index contributed by atoms with van der Waals surface area (Å²) in [7, 11) is 0. The molecular formula is C25H21F4N5O4. The lowest BCUT2D eigenvalue weighted by Crippen LogP contribution is -2.27. The summed E-state index contributed by atoms with van der Waals surface area (Å²) in [5.41, 5.74) is -1.90. The molecule has 0 aliphatic heterocycles. The average molecular weight is 531 g/mol. The third-order valence-electron chi connectivity index (χ3n) is 4.95. The molecule has 4 aromatic rings. The minimum atomic E-state index is -0.970. The Morgan fingerprint density at radius 1 is 0.974 bits per heavy atom.